The van der Waals surface area contributed by atoms with E-state index in [1.54, 1.807) is 13.0 Å². The summed E-state index contributed by atoms with van der Waals surface area (Å²) < 4.78 is 36.5. The number of benzene rings is 1. The van der Waals surface area contributed by atoms with Crippen molar-refractivity contribution in [1.82, 2.24) is 5.32 Å². The monoisotopic (exact) mass is 245 g/mol. The van der Waals surface area contributed by atoms with E-state index in [1.165, 1.54) is 20.3 Å². The largest absolute Gasteiger partial charge is 0.355 e. The molecule has 0 saturated heterocycles. The Bertz CT molecular complexity index is 356. The summed E-state index contributed by atoms with van der Waals surface area (Å²) in [5, 5.41) is 3.01. The second-order valence-corrected chi connectivity index (χ2v) is 3.67. The number of hydrogen-bond donors (Lipinski definition) is 1. The zero-order valence-corrected chi connectivity index (χ0v) is 10.2. The van der Waals surface area contributed by atoms with Crippen LogP contribution in [0.3, 0.4) is 0 Å². The number of rotatable bonds is 6. The third-order valence-electron chi connectivity index (χ3n) is 2.56. The molecule has 5 heteroatoms. The van der Waals surface area contributed by atoms with Crippen molar-refractivity contribution in [2.24, 2.45) is 0 Å². The van der Waals surface area contributed by atoms with Crippen LogP contribution in [-0.4, -0.2) is 27.1 Å². The summed E-state index contributed by atoms with van der Waals surface area (Å²) in [4.78, 5) is 0. The molecule has 0 radical (unpaired) electrons. The summed E-state index contributed by atoms with van der Waals surface area (Å²) in [7, 11) is 3.03. The van der Waals surface area contributed by atoms with Crippen LogP contribution in [0, 0.1) is 11.6 Å². The van der Waals surface area contributed by atoms with Crippen molar-refractivity contribution in [3.05, 3.63) is 35.4 Å². The zero-order chi connectivity index (χ0) is 12.8. The molecule has 1 unspecified atom stereocenters. The normalized spacial score (nSPS) is 13.1. The van der Waals surface area contributed by atoms with Gasteiger partial charge in [-0.3, -0.25) is 0 Å². The SMILES string of the molecule is COC(CNC(C)c1cccc(F)c1F)OC. The summed E-state index contributed by atoms with van der Waals surface area (Å²) >= 11 is 0. The fraction of sp³-hybridized carbons (Fsp3) is 0.500. The molecule has 0 aliphatic carbocycles. The van der Waals surface area contributed by atoms with Crippen molar-refractivity contribution >= 4 is 0 Å². The molecule has 0 aliphatic rings. The minimum Gasteiger partial charge on any atom is -0.355 e. The second-order valence-electron chi connectivity index (χ2n) is 3.67. The highest BCUT2D eigenvalue weighted by Gasteiger charge is 2.15. The van der Waals surface area contributed by atoms with Crippen molar-refractivity contribution in [1.29, 1.82) is 0 Å². The van der Waals surface area contributed by atoms with Crippen LogP contribution in [0.25, 0.3) is 0 Å². The third-order valence-corrected chi connectivity index (χ3v) is 2.56. The predicted molar refractivity (Wildman–Crippen MR) is 60.6 cm³/mol. The van der Waals surface area contributed by atoms with Gasteiger partial charge in [0.25, 0.3) is 0 Å². The highest BCUT2D eigenvalue weighted by Crippen LogP contribution is 2.18. The Morgan fingerprint density at radius 1 is 1.24 bits per heavy atom. The first-order chi connectivity index (χ1) is 8.10. The lowest BCUT2D eigenvalue weighted by atomic mass is 10.1. The van der Waals surface area contributed by atoms with Crippen LogP contribution in [0.4, 0.5) is 8.78 Å². The van der Waals surface area contributed by atoms with Gasteiger partial charge in [-0.2, -0.15) is 0 Å². The number of hydrogen-bond acceptors (Lipinski definition) is 3. The molecule has 1 atom stereocenters. The van der Waals surface area contributed by atoms with Gasteiger partial charge in [0.05, 0.1) is 0 Å². The molecule has 1 rings (SSSR count). The van der Waals surface area contributed by atoms with E-state index in [0.29, 0.717) is 6.54 Å². The molecule has 1 aromatic carbocycles. The lowest BCUT2D eigenvalue weighted by molar-refractivity contribution is -0.0997. The van der Waals surface area contributed by atoms with Crippen LogP contribution >= 0.6 is 0 Å². The highest BCUT2D eigenvalue weighted by atomic mass is 19.2. The maximum atomic E-state index is 13.5. The van der Waals surface area contributed by atoms with E-state index in [2.05, 4.69) is 5.32 Å². The van der Waals surface area contributed by atoms with Crippen LogP contribution in [-0.2, 0) is 9.47 Å². The molecule has 0 fully saturated rings. The van der Waals surface area contributed by atoms with Gasteiger partial charge in [-0.05, 0) is 13.0 Å². The molecular weight excluding hydrogens is 228 g/mol. The Labute approximate surface area is 99.7 Å². The molecule has 0 aliphatic heterocycles. The molecule has 17 heavy (non-hydrogen) atoms. The molecule has 1 N–H and O–H groups in total. The minimum atomic E-state index is -0.841. The van der Waals surface area contributed by atoms with E-state index in [9.17, 15) is 8.78 Å². The average Bonchev–Trinajstić information content (AvgIpc) is 2.33. The third kappa shape index (κ3) is 3.73. The van der Waals surface area contributed by atoms with Gasteiger partial charge in [0, 0.05) is 32.4 Å². The maximum Gasteiger partial charge on any atom is 0.169 e. The summed E-state index contributed by atoms with van der Waals surface area (Å²) in [6.07, 6.45) is -0.408. The van der Waals surface area contributed by atoms with E-state index in [-0.39, 0.29) is 11.6 Å². The Morgan fingerprint density at radius 3 is 2.47 bits per heavy atom. The lowest BCUT2D eigenvalue weighted by Crippen LogP contribution is -2.32. The van der Waals surface area contributed by atoms with Crippen molar-refractivity contribution in [3.8, 4) is 0 Å². The van der Waals surface area contributed by atoms with E-state index in [4.69, 9.17) is 9.47 Å². The predicted octanol–water partition coefficient (Wildman–Crippen LogP) is 2.23. The first-order valence-electron chi connectivity index (χ1n) is 5.33. The smallest absolute Gasteiger partial charge is 0.169 e. The van der Waals surface area contributed by atoms with Crippen LogP contribution in [0.2, 0.25) is 0 Å². The molecule has 0 aromatic heterocycles. The summed E-state index contributed by atoms with van der Waals surface area (Å²) in [6, 6.07) is 3.80. The molecule has 0 saturated carbocycles. The van der Waals surface area contributed by atoms with Gasteiger partial charge in [-0.25, -0.2) is 8.78 Å². The number of halogens is 2. The van der Waals surface area contributed by atoms with Crippen molar-refractivity contribution in [3.63, 3.8) is 0 Å². The van der Waals surface area contributed by atoms with Gasteiger partial charge in [-0.15, -0.1) is 0 Å². The Balaban J connectivity index is 2.63. The molecule has 0 heterocycles. The summed E-state index contributed by atoms with van der Waals surface area (Å²) in [5.41, 5.74) is 0.288. The van der Waals surface area contributed by atoms with Gasteiger partial charge in [-0.1, -0.05) is 12.1 Å². The molecule has 1 aromatic rings. The standard InChI is InChI=1S/C12H17F2NO2/c1-8(15-7-11(16-2)17-3)9-5-4-6-10(13)12(9)14/h4-6,8,11,15H,7H2,1-3H3. The molecule has 96 valence electrons. The fourth-order valence-corrected chi connectivity index (χ4v) is 1.50. The van der Waals surface area contributed by atoms with E-state index >= 15 is 0 Å². The highest BCUT2D eigenvalue weighted by molar-refractivity contribution is 5.21. The van der Waals surface area contributed by atoms with Crippen LogP contribution in [0.1, 0.15) is 18.5 Å². The Hall–Kier alpha value is -1.04. The second kappa shape index (κ2) is 6.64. The first kappa shape index (κ1) is 14.0. The van der Waals surface area contributed by atoms with Crippen LogP contribution < -0.4 is 5.32 Å². The van der Waals surface area contributed by atoms with Crippen molar-refractivity contribution in [2.75, 3.05) is 20.8 Å². The maximum absolute atomic E-state index is 13.5. The Kier molecular flexibility index (Phi) is 5.47. The molecular formula is C12H17F2NO2. The molecule has 0 amide bonds. The van der Waals surface area contributed by atoms with Gasteiger partial charge in [0.1, 0.15) is 0 Å². The number of methoxy groups -OCH3 is 2. The Morgan fingerprint density at radius 2 is 1.88 bits per heavy atom. The topological polar surface area (TPSA) is 30.5 Å². The molecule has 3 nitrogen and oxygen atoms in total. The van der Waals surface area contributed by atoms with Crippen molar-refractivity contribution in [2.45, 2.75) is 19.3 Å². The van der Waals surface area contributed by atoms with Gasteiger partial charge in [0.15, 0.2) is 17.9 Å². The number of ether oxygens (including phenoxy) is 2. The summed E-state index contributed by atoms with van der Waals surface area (Å²) in [5.74, 6) is -1.66. The fourth-order valence-electron chi connectivity index (χ4n) is 1.50. The van der Waals surface area contributed by atoms with E-state index in [1.807, 2.05) is 0 Å². The summed E-state index contributed by atoms with van der Waals surface area (Å²) in [6.45, 7) is 2.14. The van der Waals surface area contributed by atoms with Crippen LogP contribution in [0.5, 0.6) is 0 Å². The van der Waals surface area contributed by atoms with Crippen molar-refractivity contribution < 1.29 is 18.3 Å². The quantitative estimate of drug-likeness (QED) is 0.780. The van der Waals surface area contributed by atoms with Gasteiger partial charge < -0.3 is 14.8 Å². The zero-order valence-electron chi connectivity index (χ0n) is 10.2. The van der Waals surface area contributed by atoms with E-state index in [0.717, 1.165) is 6.07 Å². The minimum absolute atomic E-state index is 0.288. The number of nitrogens with one attached hydrogen (secondary N) is 1. The van der Waals surface area contributed by atoms with Gasteiger partial charge in [0.2, 0.25) is 0 Å². The molecule has 0 bridgehead atoms. The van der Waals surface area contributed by atoms with E-state index < -0.39 is 17.9 Å². The lowest BCUT2D eigenvalue weighted by Gasteiger charge is -2.19. The first-order valence-corrected chi connectivity index (χ1v) is 5.33. The average molecular weight is 245 g/mol. The van der Waals surface area contributed by atoms with Gasteiger partial charge >= 0.3 is 0 Å². The molecule has 0 spiro atoms. The van der Waals surface area contributed by atoms with Crippen LogP contribution in [0.15, 0.2) is 18.2 Å².